The summed E-state index contributed by atoms with van der Waals surface area (Å²) in [6.45, 7) is -0.802. The summed E-state index contributed by atoms with van der Waals surface area (Å²) in [6, 6.07) is 14.9. The minimum atomic E-state index is -4.44. The number of nitrogens with zero attached hydrogens (tertiary/aromatic N) is 1. The highest BCUT2D eigenvalue weighted by Gasteiger charge is 2.29. The van der Waals surface area contributed by atoms with Crippen LogP contribution in [-0.4, -0.2) is 56.3 Å². The zero-order chi connectivity index (χ0) is 21.3. The van der Waals surface area contributed by atoms with Gasteiger partial charge in [-0.05, 0) is 35.4 Å². The second kappa shape index (κ2) is 11.0. The van der Waals surface area contributed by atoms with E-state index in [4.69, 9.17) is 14.2 Å². The number of halogens is 3. The topological polar surface area (TPSA) is 51.2 Å². The minimum absolute atomic E-state index is 0.143. The molecule has 0 radical (unpaired) electrons. The number of hydrogen-bond acceptors (Lipinski definition) is 5. The van der Waals surface area contributed by atoms with Crippen molar-refractivity contribution in [2.45, 2.75) is 25.4 Å². The van der Waals surface area contributed by atoms with Crippen LogP contribution < -0.4 is 9.47 Å². The van der Waals surface area contributed by atoms with Gasteiger partial charge < -0.3 is 19.3 Å². The van der Waals surface area contributed by atoms with Gasteiger partial charge >= 0.3 is 6.18 Å². The van der Waals surface area contributed by atoms with Crippen LogP contribution in [0, 0.1) is 0 Å². The number of rotatable bonds is 11. The molecular weight excluding hydrogens is 387 g/mol. The molecule has 0 bridgehead atoms. The molecule has 0 aliphatic carbocycles. The Morgan fingerprint density at radius 3 is 1.66 bits per heavy atom. The molecule has 0 aromatic heterocycles. The van der Waals surface area contributed by atoms with Crippen LogP contribution in [0.1, 0.15) is 11.1 Å². The summed E-state index contributed by atoms with van der Waals surface area (Å²) in [5, 5.41) is 9.49. The number of benzene rings is 2. The van der Waals surface area contributed by atoms with Crippen molar-refractivity contribution in [3.63, 3.8) is 0 Å². The zero-order valence-corrected chi connectivity index (χ0v) is 16.5. The van der Waals surface area contributed by atoms with E-state index in [0.717, 1.165) is 22.6 Å². The Morgan fingerprint density at radius 2 is 1.31 bits per heavy atom. The van der Waals surface area contributed by atoms with Gasteiger partial charge in [-0.2, -0.15) is 13.2 Å². The highest BCUT2D eigenvalue weighted by molar-refractivity contribution is 5.28. The van der Waals surface area contributed by atoms with Gasteiger partial charge in [0.05, 0.1) is 26.9 Å². The van der Waals surface area contributed by atoms with E-state index in [1.165, 1.54) is 0 Å². The van der Waals surface area contributed by atoms with E-state index in [1.807, 2.05) is 53.4 Å². The molecule has 1 unspecified atom stereocenters. The predicted molar refractivity (Wildman–Crippen MR) is 103 cm³/mol. The van der Waals surface area contributed by atoms with Crippen LogP contribution in [0.5, 0.6) is 11.5 Å². The summed E-state index contributed by atoms with van der Waals surface area (Å²) in [4.78, 5) is 1.93. The molecule has 2 aromatic rings. The molecule has 0 aliphatic heterocycles. The SMILES string of the molecule is COc1ccc(CN(Cc2ccc(OC)cc2)CC(CO)OCC(F)(F)F)cc1. The molecule has 1 N–H and O–H groups in total. The summed E-state index contributed by atoms with van der Waals surface area (Å²) >= 11 is 0. The van der Waals surface area contributed by atoms with Gasteiger partial charge in [0, 0.05) is 19.6 Å². The molecule has 0 amide bonds. The molecule has 0 heterocycles. The third kappa shape index (κ3) is 8.31. The quantitative estimate of drug-likeness (QED) is 0.610. The fourth-order valence-corrected chi connectivity index (χ4v) is 2.83. The van der Waals surface area contributed by atoms with E-state index >= 15 is 0 Å². The van der Waals surface area contributed by atoms with E-state index in [2.05, 4.69) is 0 Å². The molecule has 160 valence electrons. The van der Waals surface area contributed by atoms with Gasteiger partial charge in [0.1, 0.15) is 18.1 Å². The van der Waals surface area contributed by atoms with Crippen LogP contribution in [-0.2, 0) is 17.8 Å². The average molecular weight is 413 g/mol. The molecule has 1 atom stereocenters. The van der Waals surface area contributed by atoms with Gasteiger partial charge in [-0.3, -0.25) is 4.90 Å². The Bertz CT molecular complexity index is 671. The minimum Gasteiger partial charge on any atom is -0.497 e. The molecule has 0 saturated carbocycles. The third-order valence-corrected chi connectivity index (χ3v) is 4.28. The number of methoxy groups -OCH3 is 2. The summed E-state index contributed by atoms with van der Waals surface area (Å²) < 4.78 is 52.6. The highest BCUT2D eigenvalue weighted by Crippen LogP contribution is 2.19. The maximum atomic E-state index is 12.5. The largest absolute Gasteiger partial charge is 0.497 e. The maximum absolute atomic E-state index is 12.5. The van der Waals surface area contributed by atoms with Crippen LogP contribution in [0.2, 0.25) is 0 Å². The van der Waals surface area contributed by atoms with Gasteiger partial charge in [0.2, 0.25) is 0 Å². The fraction of sp³-hybridized carbons (Fsp3) is 0.429. The number of aliphatic hydroxyl groups is 1. The number of aliphatic hydroxyl groups excluding tert-OH is 1. The molecule has 0 spiro atoms. The first-order valence-corrected chi connectivity index (χ1v) is 9.10. The number of ether oxygens (including phenoxy) is 3. The first kappa shape index (κ1) is 23.0. The van der Waals surface area contributed by atoms with Crippen molar-refractivity contribution in [3.8, 4) is 11.5 Å². The Kier molecular flexibility index (Phi) is 8.75. The lowest BCUT2D eigenvalue weighted by atomic mass is 10.1. The monoisotopic (exact) mass is 413 g/mol. The third-order valence-electron chi connectivity index (χ3n) is 4.28. The van der Waals surface area contributed by atoms with Crippen molar-refractivity contribution in [2.24, 2.45) is 0 Å². The summed E-state index contributed by atoms with van der Waals surface area (Å²) in [5.74, 6) is 1.44. The first-order valence-electron chi connectivity index (χ1n) is 9.10. The van der Waals surface area contributed by atoms with Crippen molar-refractivity contribution in [1.29, 1.82) is 0 Å². The predicted octanol–water partition coefficient (Wildman–Crippen LogP) is 3.65. The van der Waals surface area contributed by atoms with E-state index in [1.54, 1.807) is 14.2 Å². The van der Waals surface area contributed by atoms with Crippen LogP contribution in [0.25, 0.3) is 0 Å². The van der Waals surface area contributed by atoms with Gasteiger partial charge in [0.25, 0.3) is 0 Å². The van der Waals surface area contributed by atoms with E-state index in [9.17, 15) is 18.3 Å². The zero-order valence-electron chi connectivity index (χ0n) is 16.5. The van der Waals surface area contributed by atoms with E-state index in [-0.39, 0.29) is 6.54 Å². The molecular formula is C21H26F3NO4. The van der Waals surface area contributed by atoms with Crippen molar-refractivity contribution in [3.05, 3.63) is 59.7 Å². The normalized spacial score (nSPS) is 12.8. The number of alkyl halides is 3. The highest BCUT2D eigenvalue weighted by atomic mass is 19.4. The van der Waals surface area contributed by atoms with Gasteiger partial charge in [-0.25, -0.2) is 0 Å². The second-order valence-electron chi connectivity index (χ2n) is 6.60. The van der Waals surface area contributed by atoms with Crippen LogP contribution in [0.15, 0.2) is 48.5 Å². The second-order valence-corrected chi connectivity index (χ2v) is 6.60. The number of hydrogen-bond donors (Lipinski definition) is 1. The Balaban J connectivity index is 2.11. The summed E-state index contributed by atoms with van der Waals surface area (Å²) in [5.41, 5.74) is 1.93. The van der Waals surface area contributed by atoms with E-state index < -0.39 is 25.5 Å². The molecule has 29 heavy (non-hydrogen) atoms. The van der Waals surface area contributed by atoms with Crippen molar-refractivity contribution in [2.75, 3.05) is 34.0 Å². The molecule has 0 saturated heterocycles. The molecule has 5 nitrogen and oxygen atoms in total. The fourth-order valence-electron chi connectivity index (χ4n) is 2.83. The lowest BCUT2D eigenvalue weighted by Crippen LogP contribution is -2.37. The smallest absolute Gasteiger partial charge is 0.411 e. The molecule has 0 aliphatic rings. The van der Waals surface area contributed by atoms with Gasteiger partial charge in [-0.1, -0.05) is 24.3 Å². The van der Waals surface area contributed by atoms with Crippen LogP contribution in [0.3, 0.4) is 0 Å². The van der Waals surface area contributed by atoms with Crippen molar-refractivity contribution >= 4 is 0 Å². The summed E-state index contributed by atoms with van der Waals surface area (Å²) in [6.07, 6.45) is -5.39. The lowest BCUT2D eigenvalue weighted by Gasteiger charge is -2.27. The van der Waals surface area contributed by atoms with Crippen molar-refractivity contribution in [1.82, 2.24) is 4.90 Å². The lowest BCUT2D eigenvalue weighted by molar-refractivity contribution is -0.190. The Labute approximate surface area is 168 Å². The van der Waals surface area contributed by atoms with Gasteiger partial charge in [0.15, 0.2) is 0 Å². The standard InChI is InChI=1S/C21H26F3NO4/c1-27-18-7-3-16(4-8-18)11-25(12-17-5-9-19(28-2)10-6-17)13-20(14-26)29-15-21(22,23)24/h3-10,20,26H,11-15H2,1-2H3. The van der Waals surface area contributed by atoms with Crippen LogP contribution >= 0.6 is 0 Å². The van der Waals surface area contributed by atoms with Gasteiger partial charge in [-0.15, -0.1) is 0 Å². The van der Waals surface area contributed by atoms with Crippen molar-refractivity contribution < 1.29 is 32.5 Å². The van der Waals surface area contributed by atoms with Crippen LogP contribution in [0.4, 0.5) is 13.2 Å². The molecule has 2 aromatic carbocycles. The summed E-state index contributed by atoms with van der Waals surface area (Å²) in [7, 11) is 3.16. The molecule has 8 heteroatoms. The van der Waals surface area contributed by atoms with E-state index in [0.29, 0.717) is 13.1 Å². The molecule has 2 rings (SSSR count). The first-order chi connectivity index (χ1) is 13.8. The Morgan fingerprint density at radius 1 is 0.862 bits per heavy atom. The maximum Gasteiger partial charge on any atom is 0.411 e. The Hall–Kier alpha value is -2.29. The molecule has 0 fully saturated rings. The average Bonchev–Trinajstić information content (AvgIpc) is 2.71.